The Kier molecular flexibility index (Phi) is 6.19. The van der Waals surface area contributed by atoms with Crippen molar-refractivity contribution < 1.29 is 32.8 Å². The quantitative estimate of drug-likeness (QED) is 0.650. The number of aliphatic carboxylic acids is 1. The van der Waals surface area contributed by atoms with Crippen molar-refractivity contribution in [2.24, 2.45) is 0 Å². The van der Waals surface area contributed by atoms with Gasteiger partial charge in [0.15, 0.2) is 6.10 Å². The van der Waals surface area contributed by atoms with Gasteiger partial charge in [0.2, 0.25) is 0 Å². The normalized spacial score (nSPS) is 14.5. The van der Waals surface area contributed by atoms with E-state index in [1.165, 1.54) is 19.2 Å². The van der Waals surface area contributed by atoms with Crippen LogP contribution in [0.5, 0.6) is 0 Å². The first-order chi connectivity index (χ1) is 9.75. The largest absolute Gasteiger partial charge is 0.479 e. The SMILES string of the molecule is CO[B]NC(Cc1cccc(C(F)(F)F)c1)C(O)C(=O)O. The lowest BCUT2D eigenvalue weighted by atomic mass is 9.97. The van der Waals surface area contributed by atoms with Crippen LogP contribution < -0.4 is 5.23 Å². The van der Waals surface area contributed by atoms with Crippen LogP contribution in [0.25, 0.3) is 0 Å². The second-order valence-electron chi connectivity index (χ2n) is 4.31. The molecule has 2 atom stereocenters. The number of hydrogen-bond donors (Lipinski definition) is 3. The van der Waals surface area contributed by atoms with Crippen LogP contribution in [-0.4, -0.2) is 43.1 Å². The second kappa shape index (κ2) is 7.44. The highest BCUT2D eigenvalue weighted by molar-refractivity contribution is 6.23. The Morgan fingerprint density at radius 1 is 1.48 bits per heavy atom. The van der Waals surface area contributed by atoms with Crippen LogP contribution in [0.3, 0.4) is 0 Å². The number of rotatable bonds is 7. The molecule has 21 heavy (non-hydrogen) atoms. The molecular weight excluding hydrogens is 290 g/mol. The molecule has 0 heterocycles. The number of nitrogens with one attached hydrogen (secondary N) is 1. The number of carboxylic acid groups (broad SMARTS) is 1. The maximum Gasteiger partial charge on any atom is 0.416 e. The molecule has 1 aromatic carbocycles. The van der Waals surface area contributed by atoms with Gasteiger partial charge in [-0.05, 0) is 18.1 Å². The molecule has 115 valence electrons. The van der Waals surface area contributed by atoms with E-state index in [2.05, 4.69) is 9.88 Å². The molecule has 9 heteroatoms. The maximum absolute atomic E-state index is 12.6. The van der Waals surface area contributed by atoms with Crippen molar-refractivity contribution in [3.05, 3.63) is 35.4 Å². The fourth-order valence-corrected chi connectivity index (χ4v) is 1.72. The first kappa shape index (κ1) is 17.5. The van der Waals surface area contributed by atoms with Gasteiger partial charge in [0.25, 0.3) is 0 Å². The van der Waals surface area contributed by atoms with E-state index in [0.29, 0.717) is 0 Å². The molecule has 0 amide bonds. The third-order valence-corrected chi connectivity index (χ3v) is 2.74. The van der Waals surface area contributed by atoms with Gasteiger partial charge < -0.3 is 20.1 Å². The van der Waals surface area contributed by atoms with Crippen molar-refractivity contribution >= 4 is 13.6 Å². The van der Waals surface area contributed by atoms with Gasteiger partial charge in [-0.1, -0.05) is 18.2 Å². The van der Waals surface area contributed by atoms with Crippen LogP contribution in [0, 0.1) is 0 Å². The molecule has 0 spiro atoms. The Morgan fingerprint density at radius 3 is 2.67 bits per heavy atom. The molecule has 3 N–H and O–H groups in total. The Hall–Kier alpha value is -1.58. The van der Waals surface area contributed by atoms with Crippen molar-refractivity contribution in [3.8, 4) is 0 Å². The van der Waals surface area contributed by atoms with E-state index in [1.807, 2.05) is 0 Å². The predicted molar refractivity (Wildman–Crippen MR) is 68.5 cm³/mol. The minimum absolute atomic E-state index is 0.114. The number of aliphatic hydroxyl groups is 1. The van der Waals surface area contributed by atoms with Gasteiger partial charge in [0.1, 0.15) is 0 Å². The summed E-state index contributed by atoms with van der Waals surface area (Å²) in [5.74, 6) is -1.48. The highest BCUT2D eigenvalue weighted by atomic mass is 19.4. The van der Waals surface area contributed by atoms with Crippen LogP contribution >= 0.6 is 0 Å². The smallest absolute Gasteiger partial charge is 0.416 e. The first-order valence-corrected chi connectivity index (χ1v) is 5.93. The Labute approximate surface area is 120 Å². The lowest BCUT2D eigenvalue weighted by Crippen LogP contribution is -2.47. The molecule has 0 aliphatic carbocycles. The van der Waals surface area contributed by atoms with Gasteiger partial charge in [-0.15, -0.1) is 0 Å². The van der Waals surface area contributed by atoms with Crippen LogP contribution in [-0.2, 0) is 22.0 Å². The predicted octanol–water partition coefficient (Wildman–Crippen LogP) is 0.832. The summed E-state index contributed by atoms with van der Waals surface area (Å²) in [5, 5.41) is 20.8. The number of carboxylic acids is 1. The average Bonchev–Trinajstić information content (AvgIpc) is 2.42. The minimum Gasteiger partial charge on any atom is -0.479 e. The third kappa shape index (κ3) is 5.37. The van der Waals surface area contributed by atoms with Crippen molar-refractivity contribution in [1.29, 1.82) is 0 Å². The first-order valence-electron chi connectivity index (χ1n) is 5.93. The summed E-state index contributed by atoms with van der Waals surface area (Å²) >= 11 is 0. The second-order valence-corrected chi connectivity index (χ2v) is 4.31. The van der Waals surface area contributed by atoms with Crippen molar-refractivity contribution in [2.75, 3.05) is 7.11 Å². The summed E-state index contributed by atoms with van der Waals surface area (Å²) < 4.78 is 42.4. The van der Waals surface area contributed by atoms with E-state index in [9.17, 15) is 23.1 Å². The Bertz CT molecular complexity index is 484. The van der Waals surface area contributed by atoms with Gasteiger partial charge in [0.05, 0.1) is 5.56 Å². The monoisotopic (exact) mass is 304 g/mol. The zero-order valence-corrected chi connectivity index (χ0v) is 11.1. The van der Waals surface area contributed by atoms with Crippen molar-refractivity contribution in [2.45, 2.75) is 24.7 Å². The molecule has 2 unspecified atom stereocenters. The molecule has 1 aromatic rings. The van der Waals surface area contributed by atoms with E-state index in [4.69, 9.17) is 5.11 Å². The van der Waals surface area contributed by atoms with Gasteiger partial charge in [-0.25, -0.2) is 4.79 Å². The zero-order valence-electron chi connectivity index (χ0n) is 11.1. The molecule has 0 fully saturated rings. The molecular formula is C12H14BF3NO4. The number of benzene rings is 1. The lowest BCUT2D eigenvalue weighted by Gasteiger charge is -2.21. The topological polar surface area (TPSA) is 78.8 Å². The van der Waals surface area contributed by atoms with Crippen molar-refractivity contribution in [3.63, 3.8) is 0 Å². The van der Waals surface area contributed by atoms with Crippen LogP contribution in [0.4, 0.5) is 13.2 Å². The summed E-state index contributed by atoms with van der Waals surface area (Å²) in [6.45, 7) is 0. The van der Waals surface area contributed by atoms with Crippen LogP contribution in [0.1, 0.15) is 11.1 Å². The zero-order chi connectivity index (χ0) is 16.0. The summed E-state index contributed by atoms with van der Waals surface area (Å²) in [4.78, 5) is 10.8. The molecule has 5 nitrogen and oxygen atoms in total. The summed E-state index contributed by atoms with van der Waals surface area (Å²) in [6, 6.07) is 3.45. The maximum atomic E-state index is 12.6. The minimum atomic E-state index is -4.48. The molecule has 1 rings (SSSR count). The number of carbonyl (C=O) groups is 1. The summed E-state index contributed by atoms with van der Waals surface area (Å²) in [7, 11) is 2.37. The standard InChI is InChI=1S/C12H14BF3NO4/c1-21-13-17-9(10(18)11(19)20)6-7-3-2-4-8(5-7)12(14,15)16/h2-5,9-10,17-18H,6H2,1H3,(H,19,20). The molecule has 0 bridgehead atoms. The van der Waals surface area contributed by atoms with Gasteiger partial charge >= 0.3 is 19.8 Å². The van der Waals surface area contributed by atoms with E-state index in [1.54, 1.807) is 0 Å². The van der Waals surface area contributed by atoms with Gasteiger partial charge in [0, 0.05) is 13.2 Å². The number of aliphatic hydroxyl groups excluding tert-OH is 1. The molecule has 0 aliphatic heterocycles. The van der Waals surface area contributed by atoms with Crippen LogP contribution in [0.2, 0.25) is 0 Å². The Morgan fingerprint density at radius 2 is 2.14 bits per heavy atom. The number of hydrogen-bond acceptors (Lipinski definition) is 4. The third-order valence-electron chi connectivity index (χ3n) is 2.74. The van der Waals surface area contributed by atoms with Crippen LogP contribution in [0.15, 0.2) is 24.3 Å². The Balaban J connectivity index is 2.90. The van der Waals surface area contributed by atoms with Gasteiger partial charge in [-0.2, -0.15) is 13.2 Å². The number of alkyl halides is 3. The summed E-state index contributed by atoms with van der Waals surface area (Å²) in [6.07, 6.45) is -6.38. The lowest BCUT2D eigenvalue weighted by molar-refractivity contribution is -0.148. The molecule has 0 saturated carbocycles. The van der Waals surface area contributed by atoms with Crippen molar-refractivity contribution in [1.82, 2.24) is 5.23 Å². The average molecular weight is 304 g/mol. The van der Waals surface area contributed by atoms with E-state index in [0.717, 1.165) is 19.7 Å². The fourth-order valence-electron chi connectivity index (χ4n) is 1.72. The fraction of sp³-hybridized carbons (Fsp3) is 0.417. The molecule has 0 saturated heterocycles. The van der Waals surface area contributed by atoms with E-state index < -0.39 is 29.9 Å². The molecule has 1 radical (unpaired) electrons. The highest BCUT2D eigenvalue weighted by Gasteiger charge is 2.31. The summed E-state index contributed by atoms with van der Waals surface area (Å²) in [5.41, 5.74) is -0.591. The number of halogens is 3. The highest BCUT2D eigenvalue weighted by Crippen LogP contribution is 2.29. The van der Waals surface area contributed by atoms with E-state index >= 15 is 0 Å². The van der Waals surface area contributed by atoms with Gasteiger partial charge in [-0.3, -0.25) is 0 Å². The van der Waals surface area contributed by atoms with E-state index in [-0.39, 0.29) is 12.0 Å². The molecule has 0 aliphatic rings. The molecule has 0 aromatic heterocycles.